The third-order valence-electron chi connectivity index (χ3n) is 4.36. The Labute approximate surface area is 173 Å². The number of non-ortho nitro benzene ring substituents is 2. The summed E-state index contributed by atoms with van der Waals surface area (Å²) in [7, 11) is 0. The fraction of sp³-hybridized carbons (Fsp3) is 0.100. The van der Waals surface area contributed by atoms with Crippen LogP contribution in [0.2, 0.25) is 0 Å². The zero-order valence-electron chi connectivity index (χ0n) is 15.2. The van der Waals surface area contributed by atoms with Crippen molar-refractivity contribution in [2.45, 2.75) is 13.1 Å². The molecule has 0 bridgehead atoms. The minimum absolute atomic E-state index is 0.0267. The van der Waals surface area contributed by atoms with Gasteiger partial charge >= 0.3 is 173 Å². The van der Waals surface area contributed by atoms with Crippen molar-refractivity contribution < 1.29 is 13.6 Å². The number of nitro benzene ring substituents is 2. The first-order valence-electron chi connectivity index (χ1n) is 8.61. The van der Waals surface area contributed by atoms with Crippen molar-refractivity contribution >= 4 is 37.1 Å². The van der Waals surface area contributed by atoms with Crippen LogP contribution in [-0.2, 0) is 16.8 Å². The summed E-state index contributed by atoms with van der Waals surface area (Å²) in [4.78, 5) is 22.9. The predicted octanol–water partition coefficient (Wildman–Crippen LogP) is 3.38. The van der Waals surface area contributed by atoms with Crippen LogP contribution in [0, 0.1) is 20.2 Å². The summed E-state index contributed by atoms with van der Waals surface area (Å²) in [6.07, 6.45) is 0. The summed E-state index contributed by atoms with van der Waals surface area (Å²) < 4.78 is 11.9. The van der Waals surface area contributed by atoms with Gasteiger partial charge < -0.3 is 0 Å². The molecule has 0 N–H and O–H groups in total. The number of rotatable bonds is 8. The first-order chi connectivity index (χ1) is 14.0. The van der Waals surface area contributed by atoms with Gasteiger partial charge in [-0.1, -0.05) is 0 Å². The van der Waals surface area contributed by atoms with Gasteiger partial charge in [0.15, 0.2) is 0 Å². The predicted molar refractivity (Wildman–Crippen MR) is 109 cm³/mol. The standard InChI is InChI=1S/C20H16AsN3O5/c25-21-17-5-11-18(12-6-17)22(13-15-1-7-19(8-2-15)23(26)27)14-16-3-9-20(10-4-16)24(28)29/h1-12H,13-14H2. The van der Waals surface area contributed by atoms with E-state index in [0.717, 1.165) is 21.2 Å². The Hall–Kier alpha value is -3.38. The fourth-order valence-electron chi connectivity index (χ4n) is 2.85. The molecular weight excluding hydrogens is 437 g/mol. The van der Waals surface area contributed by atoms with Crippen LogP contribution in [0.25, 0.3) is 0 Å². The molecule has 9 heteroatoms. The van der Waals surface area contributed by atoms with E-state index >= 15 is 0 Å². The summed E-state index contributed by atoms with van der Waals surface area (Å²) in [5.41, 5.74) is 2.71. The first-order valence-corrected chi connectivity index (χ1v) is 10.3. The van der Waals surface area contributed by atoms with Crippen LogP contribution in [0.5, 0.6) is 0 Å². The van der Waals surface area contributed by atoms with Crippen molar-refractivity contribution in [2.24, 2.45) is 0 Å². The van der Waals surface area contributed by atoms with Crippen molar-refractivity contribution in [1.29, 1.82) is 0 Å². The van der Waals surface area contributed by atoms with Crippen molar-refractivity contribution in [1.82, 2.24) is 0 Å². The summed E-state index contributed by atoms with van der Waals surface area (Å²) in [6, 6.07) is 20.0. The third-order valence-corrected chi connectivity index (χ3v) is 5.43. The molecule has 8 nitrogen and oxygen atoms in total. The molecule has 0 radical (unpaired) electrons. The summed E-state index contributed by atoms with van der Waals surface area (Å²) in [5.74, 6) is 0. The van der Waals surface area contributed by atoms with Crippen LogP contribution in [0.1, 0.15) is 11.1 Å². The number of hydrogen-bond donors (Lipinski definition) is 0. The van der Waals surface area contributed by atoms with Crippen molar-refractivity contribution in [3.05, 3.63) is 104 Å². The number of anilines is 1. The molecule has 0 atom stereocenters. The quantitative estimate of drug-likeness (QED) is 0.294. The minimum atomic E-state index is -1.10. The van der Waals surface area contributed by atoms with Crippen LogP contribution >= 0.6 is 0 Å². The zero-order valence-corrected chi connectivity index (χ0v) is 17.0. The van der Waals surface area contributed by atoms with Crippen LogP contribution in [-0.4, -0.2) is 25.5 Å². The second kappa shape index (κ2) is 9.21. The van der Waals surface area contributed by atoms with Gasteiger partial charge in [0.05, 0.1) is 0 Å². The van der Waals surface area contributed by atoms with Gasteiger partial charge in [-0.05, 0) is 0 Å². The van der Waals surface area contributed by atoms with E-state index < -0.39 is 25.5 Å². The van der Waals surface area contributed by atoms with E-state index in [9.17, 15) is 24.0 Å². The molecule has 0 aliphatic heterocycles. The summed E-state index contributed by atoms with van der Waals surface area (Å²) in [5, 5.41) is 21.7. The van der Waals surface area contributed by atoms with Gasteiger partial charge in [-0.25, -0.2) is 0 Å². The molecule has 0 aliphatic carbocycles. The summed E-state index contributed by atoms with van der Waals surface area (Å²) >= 11 is -1.10. The Morgan fingerprint density at radius 2 is 1.10 bits per heavy atom. The van der Waals surface area contributed by atoms with Gasteiger partial charge in [0.2, 0.25) is 0 Å². The Morgan fingerprint density at radius 1 is 0.690 bits per heavy atom. The summed E-state index contributed by atoms with van der Waals surface area (Å²) in [6.45, 7) is 0.971. The molecule has 29 heavy (non-hydrogen) atoms. The van der Waals surface area contributed by atoms with Crippen LogP contribution in [0.15, 0.2) is 72.8 Å². The Morgan fingerprint density at radius 3 is 1.45 bits per heavy atom. The average Bonchev–Trinajstić information content (AvgIpc) is 2.74. The first kappa shape index (κ1) is 20.4. The average molecular weight is 453 g/mol. The van der Waals surface area contributed by atoms with E-state index in [-0.39, 0.29) is 11.4 Å². The fourth-order valence-corrected chi connectivity index (χ4v) is 3.42. The van der Waals surface area contributed by atoms with Gasteiger partial charge in [0.25, 0.3) is 0 Å². The van der Waals surface area contributed by atoms with Gasteiger partial charge in [0.1, 0.15) is 0 Å². The van der Waals surface area contributed by atoms with Crippen LogP contribution in [0.3, 0.4) is 0 Å². The molecule has 3 rings (SSSR count). The Balaban J connectivity index is 1.86. The van der Waals surface area contributed by atoms with Crippen LogP contribution in [0.4, 0.5) is 17.1 Å². The van der Waals surface area contributed by atoms with E-state index in [1.54, 1.807) is 36.4 Å². The van der Waals surface area contributed by atoms with Gasteiger partial charge in [-0.3, -0.25) is 0 Å². The molecule has 3 aromatic rings. The van der Waals surface area contributed by atoms with E-state index in [1.807, 2.05) is 17.0 Å². The Kier molecular flexibility index (Phi) is 6.46. The molecule has 0 saturated heterocycles. The molecule has 0 spiro atoms. The van der Waals surface area contributed by atoms with Crippen LogP contribution < -0.4 is 9.25 Å². The van der Waals surface area contributed by atoms with E-state index in [0.29, 0.717) is 13.1 Å². The number of hydrogen-bond acceptors (Lipinski definition) is 6. The normalized spacial score (nSPS) is 10.6. The van der Waals surface area contributed by atoms with Crippen molar-refractivity contribution in [3.8, 4) is 0 Å². The van der Waals surface area contributed by atoms with E-state index in [1.165, 1.54) is 24.3 Å². The SMILES string of the molecule is O=[As]c1ccc(N(Cc2ccc([N+](=O)[O-])cc2)Cc2ccc([N+](=O)[O-])cc2)cc1. The van der Waals surface area contributed by atoms with Crippen molar-refractivity contribution in [3.63, 3.8) is 0 Å². The number of nitro groups is 2. The topological polar surface area (TPSA) is 107 Å². The van der Waals surface area contributed by atoms with Gasteiger partial charge in [-0.2, -0.15) is 0 Å². The second-order valence-corrected chi connectivity index (χ2v) is 7.78. The maximum absolute atomic E-state index is 11.1. The van der Waals surface area contributed by atoms with Gasteiger partial charge in [-0.15, -0.1) is 0 Å². The molecule has 0 aromatic heterocycles. The number of nitrogens with zero attached hydrogens (tertiary/aromatic N) is 3. The second-order valence-electron chi connectivity index (χ2n) is 6.31. The van der Waals surface area contributed by atoms with Gasteiger partial charge in [0, 0.05) is 0 Å². The molecule has 0 heterocycles. The number of benzene rings is 3. The molecule has 0 aliphatic rings. The zero-order chi connectivity index (χ0) is 20.8. The van der Waals surface area contributed by atoms with Crippen molar-refractivity contribution in [2.75, 3.05) is 4.90 Å². The Bertz CT molecular complexity index is 962. The molecule has 0 fully saturated rings. The third kappa shape index (κ3) is 5.33. The molecule has 0 amide bonds. The van der Waals surface area contributed by atoms with E-state index in [4.69, 9.17) is 0 Å². The molecule has 146 valence electrons. The molecular formula is C20H16AsN3O5. The van der Waals surface area contributed by atoms with E-state index in [2.05, 4.69) is 0 Å². The monoisotopic (exact) mass is 453 g/mol. The molecule has 3 aromatic carbocycles. The molecule has 0 unspecified atom stereocenters. The molecule has 0 saturated carbocycles. The maximum atomic E-state index is 11.1.